The number of furan rings is 1. The second kappa shape index (κ2) is 9.95. The highest BCUT2D eigenvalue weighted by Gasteiger charge is 2.28. The van der Waals surface area contributed by atoms with Crippen LogP contribution in [0.4, 0.5) is 11.4 Å². The van der Waals surface area contributed by atoms with Gasteiger partial charge in [0.05, 0.1) is 29.2 Å². The minimum Gasteiger partial charge on any atom is -0.492 e. The van der Waals surface area contributed by atoms with Gasteiger partial charge in [-0.3, -0.25) is 14.9 Å². The van der Waals surface area contributed by atoms with E-state index < -0.39 is 4.92 Å². The zero-order valence-electron chi connectivity index (χ0n) is 19.7. The predicted molar refractivity (Wildman–Crippen MR) is 134 cm³/mol. The molecule has 5 rings (SSSR count). The zero-order valence-corrected chi connectivity index (χ0v) is 19.7. The van der Waals surface area contributed by atoms with Gasteiger partial charge in [0.2, 0.25) is 0 Å². The number of aromatic nitrogens is 2. The number of piperazine rings is 1. The number of carbonyl (C=O) groups is 1. The molecule has 4 aromatic rings. The van der Waals surface area contributed by atoms with Crippen molar-refractivity contribution in [1.82, 2.24) is 14.7 Å². The molecule has 1 aliphatic rings. The molecule has 0 saturated carbocycles. The van der Waals surface area contributed by atoms with E-state index in [0.717, 1.165) is 11.4 Å². The fourth-order valence-corrected chi connectivity index (χ4v) is 4.32. The van der Waals surface area contributed by atoms with Crippen LogP contribution in [0.2, 0.25) is 0 Å². The number of benzene rings is 2. The molecule has 0 aliphatic carbocycles. The molecule has 2 aromatic heterocycles. The van der Waals surface area contributed by atoms with Crippen molar-refractivity contribution < 1.29 is 18.9 Å². The molecule has 0 spiro atoms. The lowest BCUT2D eigenvalue weighted by atomic mass is 10.2. The highest BCUT2D eigenvalue weighted by molar-refractivity contribution is 5.94. The molecule has 0 atom stereocenters. The molecule has 0 unspecified atom stereocenters. The molecule has 0 bridgehead atoms. The van der Waals surface area contributed by atoms with Gasteiger partial charge in [-0.25, -0.2) is 4.68 Å². The van der Waals surface area contributed by atoms with Gasteiger partial charge >= 0.3 is 0 Å². The third-order valence-corrected chi connectivity index (χ3v) is 6.06. The highest BCUT2D eigenvalue weighted by atomic mass is 16.6. The highest BCUT2D eigenvalue weighted by Crippen LogP contribution is 2.30. The molecule has 10 heteroatoms. The molecule has 36 heavy (non-hydrogen) atoms. The summed E-state index contributed by atoms with van der Waals surface area (Å²) < 4.78 is 12.7. The number of ether oxygens (including phenoxy) is 1. The summed E-state index contributed by atoms with van der Waals surface area (Å²) in [5.74, 6) is 1.13. The van der Waals surface area contributed by atoms with Gasteiger partial charge in [-0.1, -0.05) is 18.2 Å². The zero-order chi connectivity index (χ0) is 25.1. The molecule has 1 fully saturated rings. The Morgan fingerprint density at radius 3 is 2.58 bits per heavy atom. The monoisotopic (exact) mass is 487 g/mol. The molecule has 1 saturated heterocycles. The number of amides is 1. The number of non-ortho nitro benzene ring substituents is 1. The van der Waals surface area contributed by atoms with Crippen molar-refractivity contribution in [2.75, 3.05) is 37.7 Å². The Balaban J connectivity index is 1.42. The van der Waals surface area contributed by atoms with Gasteiger partial charge in [0.15, 0.2) is 5.76 Å². The third-order valence-electron chi connectivity index (χ3n) is 6.06. The lowest BCUT2D eigenvalue weighted by Gasteiger charge is -2.36. The van der Waals surface area contributed by atoms with E-state index >= 15 is 0 Å². The number of hydrogen-bond acceptors (Lipinski definition) is 7. The summed E-state index contributed by atoms with van der Waals surface area (Å²) in [6.07, 6.45) is 1.53. The van der Waals surface area contributed by atoms with Crippen LogP contribution in [0.15, 0.2) is 77.4 Å². The molecule has 184 valence electrons. The van der Waals surface area contributed by atoms with Crippen LogP contribution in [-0.2, 0) is 0 Å². The van der Waals surface area contributed by atoms with E-state index in [2.05, 4.69) is 10.00 Å². The summed E-state index contributed by atoms with van der Waals surface area (Å²) in [6.45, 7) is 4.84. The maximum atomic E-state index is 13.7. The standard InChI is InChI=1S/C26H25N5O5/c1-2-35-25-10-4-3-9-22(25)28-12-14-29(15-13-28)26(32)23-18-21(24-11-6-16-36-24)27-30(23)19-7-5-8-20(17-19)31(33)34/h3-11,16-18H,2,12-15H2,1H3. The van der Waals surface area contributed by atoms with E-state index in [0.29, 0.717) is 55.6 Å². The Bertz CT molecular complexity index is 1370. The summed E-state index contributed by atoms with van der Waals surface area (Å²) in [4.78, 5) is 28.5. The number of hydrogen-bond donors (Lipinski definition) is 0. The Morgan fingerprint density at radius 1 is 1.06 bits per heavy atom. The van der Waals surface area contributed by atoms with Crippen LogP contribution >= 0.6 is 0 Å². The van der Waals surface area contributed by atoms with E-state index in [1.807, 2.05) is 31.2 Å². The van der Waals surface area contributed by atoms with Crippen LogP contribution in [0.1, 0.15) is 17.4 Å². The molecule has 0 radical (unpaired) electrons. The molecule has 0 N–H and O–H groups in total. The minimum atomic E-state index is -0.471. The normalized spacial score (nSPS) is 13.6. The van der Waals surface area contributed by atoms with Crippen LogP contribution in [0.3, 0.4) is 0 Å². The first-order chi connectivity index (χ1) is 17.5. The van der Waals surface area contributed by atoms with Gasteiger partial charge in [0.1, 0.15) is 17.1 Å². The number of nitro benzene ring substituents is 1. The number of carbonyl (C=O) groups excluding carboxylic acids is 1. The topological polar surface area (TPSA) is 107 Å². The SMILES string of the molecule is CCOc1ccccc1N1CCN(C(=O)c2cc(-c3ccco3)nn2-c2cccc([N+](=O)[O-])c2)CC1. The van der Waals surface area contributed by atoms with Crippen molar-refractivity contribution in [2.24, 2.45) is 0 Å². The van der Waals surface area contributed by atoms with Crippen LogP contribution < -0.4 is 9.64 Å². The predicted octanol–water partition coefficient (Wildman–Crippen LogP) is 4.40. The first-order valence-electron chi connectivity index (χ1n) is 11.7. The summed E-state index contributed by atoms with van der Waals surface area (Å²) >= 11 is 0. The lowest BCUT2D eigenvalue weighted by molar-refractivity contribution is -0.384. The molecular formula is C26H25N5O5. The second-order valence-electron chi connectivity index (χ2n) is 8.26. The van der Waals surface area contributed by atoms with Crippen LogP contribution in [0.25, 0.3) is 17.1 Å². The largest absolute Gasteiger partial charge is 0.492 e. The van der Waals surface area contributed by atoms with E-state index in [1.165, 1.54) is 23.1 Å². The summed E-state index contributed by atoms with van der Waals surface area (Å²) in [5, 5.41) is 15.9. The van der Waals surface area contributed by atoms with Gasteiger partial charge in [-0.05, 0) is 37.3 Å². The number of nitrogens with zero attached hydrogens (tertiary/aromatic N) is 5. The van der Waals surface area contributed by atoms with E-state index in [1.54, 1.807) is 35.2 Å². The Kier molecular flexibility index (Phi) is 6.40. The van der Waals surface area contributed by atoms with Crippen LogP contribution in [0, 0.1) is 10.1 Å². The van der Waals surface area contributed by atoms with Crippen molar-refractivity contribution in [3.05, 3.63) is 88.8 Å². The van der Waals surface area contributed by atoms with E-state index in [4.69, 9.17) is 9.15 Å². The quantitative estimate of drug-likeness (QED) is 0.281. The average Bonchev–Trinajstić information content (AvgIpc) is 3.60. The summed E-state index contributed by atoms with van der Waals surface area (Å²) in [6, 6.07) is 19.1. The molecule has 10 nitrogen and oxygen atoms in total. The van der Waals surface area contributed by atoms with E-state index in [-0.39, 0.29) is 11.6 Å². The average molecular weight is 488 g/mol. The third kappa shape index (κ3) is 4.52. The van der Waals surface area contributed by atoms with Crippen LogP contribution in [0.5, 0.6) is 5.75 Å². The molecule has 1 aliphatic heterocycles. The molecule has 3 heterocycles. The summed E-state index contributed by atoms with van der Waals surface area (Å²) in [5.41, 5.74) is 2.13. The van der Waals surface area contributed by atoms with Gasteiger partial charge in [0.25, 0.3) is 11.6 Å². The number of rotatable bonds is 7. The summed E-state index contributed by atoms with van der Waals surface area (Å²) in [7, 11) is 0. The fourth-order valence-electron chi connectivity index (χ4n) is 4.32. The minimum absolute atomic E-state index is 0.0810. The Hall–Kier alpha value is -4.60. The smallest absolute Gasteiger partial charge is 0.272 e. The molecular weight excluding hydrogens is 462 g/mol. The maximum absolute atomic E-state index is 13.7. The number of nitro groups is 1. The molecule has 2 aromatic carbocycles. The maximum Gasteiger partial charge on any atom is 0.272 e. The molecule has 1 amide bonds. The van der Waals surface area contributed by atoms with Crippen LogP contribution in [-0.4, -0.2) is 58.3 Å². The second-order valence-corrected chi connectivity index (χ2v) is 8.26. The van der Waals surface area contributed by atoms with Gasteiger partial charge in [-0.15, -0.1) is 0 Å². The van der Waals surface area contributed by atoms with Gasteiger partial charge in [-0.2, -0.15) is 5.10 Å². The van der Waals surface area contributed by atoms with Gasteiger partial charge < -0.3 is 19.0 Å². The first kappa shape index (κ1) is 23.2. The van der Waals surface area contributed by atoms with Crippen molar-refractivity contribution in [2.45, 2.75) is 6.92 Å². The van der Waals surface area contributed by atoms with Crippen molar-refractivity contribution in [1.29, 1.82) is 0 Å². The lowest BCUT2D eigenvalue weighted by Crippen LogP contribution is -2.49. The van der Waals surface area contributed by atoms with E-state index in [9.17, 15) is 14.9 Å². The van der Waals surface area contributed by atoms with Gasteiger partial charge in [0, 0.05) is 44.4 Å². The Morgan fingerprint density at radius 2 is 1.86 bits per heavy atom. The van der Waals surface area contributed by atoms with Crippen molar-refractivity contribution in [3.63, 3.8) is 0 Å². The number of para-hydroxylation sites is 2. The van der Waals surface area contributed by atoms with Crippen molar-refractivity contribution in [3.8, 4) is 22.9 Å². The first-order valence-corrected chi connectivity index (χ1v) is 11.7. The number of anilines is 1. The fraction of sp³-hybridized carbons (Fsp3) is 0.231. The Labute approximate surface area is 207 Å². The van der Waals surface area contributed by atoms with Crippen molar-refractivity contribution >= 4 is 17.3 Å².